The van der Waals surface area contributed by atoms with E-state index in [1.165, 1.54) is 0 Å². The molecule has 0 atom stereocenters. The second-order valence-electron chi connectivity index (χ2n) is 4.47. The smallest absolute Gasteiger partial charge is 0.259 e. The normalized spacial score (nSPS) is 10.0. The summed E-state index contributed by atoms with van der Waals surface area (Å²) >= 11 is 6.00. The molecule has 0 aliphatic heterocycles. The molecule has 4 nitrogen and oxygen atoms in total. The molecule has 0 aliphatic rings. The maximum absolute atomic E-state index is 12.3. The van der Waals surface area contributed by atoms with E-state index in [0.717, 1.165) is 5.39 Å². The molecule has 0 aliphatic carbocycles. The highest BCUT2D eigenvalue weighted by Crippen LogP contribution is 2.28. The Balaban J connectivity index is 0.00000176. The number of benzene rings is 2. The van der Waals surface area contributed by atoms with Crippen LogP contribution in [0.25, 0.3) is 10.9 Å². The van der Waals surface area contributed by atoms with Crippen LogP contribution in [-0.4, -0.2) is 16.0 Å². The number of aromatic hydroxyl groups is 1. The van der Waals surface area contributed by atoms with Gasteiger partial charge in [0.25, 0.3) is 5.91 Å². The monoisotopic (exact) mass is 314 g/mol. The molecule has 1 heterocycles. The molecule has 0 bridgehead atoms. The topological polar surface area (TPSA) is 62.2 Å². The second kappa shape index (κ2) is 6.45. The molecule has 112 valence electrons. The number of hydrogen-bond acceptors (Lipinski definition) is 3. The van der Waals surface area contributed by atoms with E-state index in [-0.39, 0.29) is 18.7 Å². The number of aromatic nitrogens is 1. The van der Waals surface area contributed by atoms with Crippen LogP contribution in [0.2, 0.25) is 5.02 Å². The third-order valence-electron chi connectivity index (χ3n) is 3.11. The average Bonchev–Trinajstić information content (AvgIpc) is 2.50. The first-order chi connectivity index (χ1) is 10.2. The van der Waals surface area contributed by atoms with Gasteiger partial charge in [0, 0.05) is 11.6 Å². The van der Waals surface area contributed by atoms with E-state index in [4.69, 9.17) is 11.6 Å². The zero-order valence-electron chi connectivity index (χ0n) is 10.9. The summed E-state index contributed by atoms with van der Waals surface area (Å²) in [6, 6.07) is 13.8. The Morgan fingerprint density at radius 3 is 2.64 bits per heavy atom. The van der Waals surface area contributed by atoms with Gasteiger partial charge in [-0.15, -0.1) is 0 Å². The Hall–Kier alpha value is -2.59. The Morgan fingerprint density at radius 2 is 1.86 bits per heavy atom. The third-order valence-corrected chi connectivity index (χ3v) is 3.44. The molecule has 0 saturated carbocycles. The number of pyridine rings is 1. The van der Waals surface area contributed by atoms with Crippen molar-refractivity contribution in [1.29, 1.82) is 0 Å². The number of phenolic OH excluding ortho intramolecular Hbond substituents is 1. The molecule has 5 heteroatoms. The van der Waals surface area contributed by atoms with Gasteiger partial charge in [-0.3, -0.25) is 9.78 Å². The van der Waals surface area contributed by atoms with E-state index in [1.807, 2.05) is 6.07 Å². The number of carbonyl (C=O) groups is 1. The van der Waals surface area contributed by atoms with Crippen molar-refractivity contribution in [2.24, 2.45) is 0 Å². The summed E-state index contributed by atoms with van der Waals surface area (Å²) in [4.78, 5) is 16.4. The number of amides is 1. The van der Waals surface area contributed by atoms with Crippen molar-refractivity contribution in [3.05, 3.63) is 65.3 Å². The summed E-state index contributed by atoms with van der Waals surface area (Å²) < 4.78 is 0. The summed E-state index contributed by atoms with van der Waals surface area (Å²) in [5, 5.41) is 14.1. The summed E-state index contributed by atoms with van der Waals surface area (Å²) in [6.07, 6.45) is 1.57. The number of anilines is 1. The van der Waals surface area contributed by atoms with Crippen LogP contribution in [0.1, 0.15) is 17.8 Å². The first kappa shape index (κ1) is 15.8. The molecule has 0 fully saturated rings. The number of hydrogen-bond donors (Lipinski definition) is 2. The quantitative estimate of drug-likeness (QED) is 0.733. The number of nitrogens with zero attached hydrogens (tertiary/aromatic N) is 1. The summed E-state index contributed by atoms with van der Waals surface area (Å²) in [6.45, 7) is 0. The fourth-order valence-corrected chi connectivity index (χ4v) is 2.25. The van der Waals surface area contributed by atoms with E-state index < -0.39 is 5.91 Å². The molecule has 1 amide bonds. The third kappa shape index (κ3) is 2.87. The summed E-state index contributed by atoms with van der Waals surface area (Å²) in [5.41, 5.74) is 1.04. The van der Waals surface area contributed by atoms with Crippen LogP contribution >= 0.6 is 11.6 Å². The lowest BCUT2D eigenvalue weighted by atomic mass is 10.1. The van der Waals surface area contributed by atoms with Gasteiger partial charge >= 0.3 is 0 Å². The molecule has 2 N–H and O–H groups in total. The molecular formula is C17H15ClN2O2. The molecule has 0 saturated heterocycles. The molecular weight excluding hydrogens is 300 g/mol. The van der Waals surface area contributed by atoms with E-state index in [2.05, 4.69) is 10.3 Å². The van der Waals surface area contributed by atoms with Gasteiger partial charge in [0.1, 0.15) is 5.52 Å². The Bertz CT molecular complexity index is 834. The van der Waals surface area contributed by atoms with Gasteiger partial charge in [-0.05, 0) is 24.3 Å². The summed E-state index contributed by atoms with van der Waals surface area (Å²) in [5.74, 6) is -0.578. The van der Waals surface area contributed by atoms with Crippen LogP contribution in [0.4, 0.5) is 5.69 Å². The van der Waals surface area contributed by atoms with Gasteiger partial charge in [-0.25, -0.2) is 0 Å². The molecule has 3 rings (SSSR count). The Kier molecular flexibility index (Phi) is 4.63. The highest BCUT2D eigenvalue weighted by atomic mass is 35.5. The fourth-order valence-electron chi connectivity index (χ4n) is 2.07. The van der Waals surface area contributed by atoms with E-state index >= 15 is 0 Å². The van der Waals surface area contributed by atoms with Crippen molar-refractivity contribution >= 4 is 34.1 Å². The number of carbonyl (C=O) groups excluding carboxylic acids is 1. The number of nitrogens with one attached hydrogen (secondary N) is 1. The van der Waals surface area contributed by atoms with Gasteiger partial charge in [-0.2, -0.15) is 0 Å². The predicted octanol–water partition coefficient (Wildman–Crippen LogP) is 4.48. The molecule has 0 spiro atoms. The molecule has 2 aromatic carbocycles. The number of para-hydroxylation sites is 1. The van der Waals surface area contributed by atoms with Crippen LogP contribution in [0, 0.1) is 0 Å². The standard InChI is InChI=1S/C16H11ClN2O2.CH4/c17-12-5-1-2-6-13(12)19-16(21)11-8-7-10-4-3-9-18-14(10)15(11)20;/h1-9,20H,(H,19,21);1H4. The highest BCUT2D eigenvalue weighted by Gasteiger charge is 2.15. The van der Waals surface area contributed by atoms with Crippen molar-refractivity contribution in [3.8, 4) is 5.75 Å². The number of fused-ring (bicyclic) bond motifs is 1. The van der Waals surface area contributed by atoms with Crippen molar-refractivity contribution in [1.82, 2.24) is 4.98 Å². The zero-order valence-corrected chi connectivity index (χ0v) is 11.6. The van der Waals surface area contributed by atoms with Crippen molar-refractivity contribution in [2.75, 3.05) is 5.32 Å². The van der Waals surface area contributed by atoms with Gasteiger partial charge in [0.05, 0.1) is 16.3 Å². The lowest BCUT2D eigenvalue weighted by Gasteiger charge is -2.09. The van der Waals surface area contributed by atoms with Crippen molar-refractivity contribution < 1.29 is 9.90 Å². The lowest BCUT2D eigenvalue weighted by Crippen LogP contribution is -2.12. The van der Waals surface area contributed by atoms with Crippen LogP contribution in [0.15, 0.2) is 54.7 Å². The Labute approximate surface area is 133 Å². The highest BCUT2D eigenvalue weighted by molar-refractivity contribution is 6.34. The van der Waals surface area contributed by atoms with Gasteiger partial charge in [0.2, 0.25) is 0 Å². The number of rotatable bonds is 2. The van der Waals surface area contributed by atoms with Gasteiger partial charge in [0.15, 0.2) is 5.75 Å². The molecule has 0 radical (unpaired) electrons. The van der Waals surface area contributed by atoms with Crippen LogP contribution in [-0.2, 0) is 0 Å². The second-order valence-corrected chi connectivity index (χ2v) is 4.88. The number of halogens is 1. The largest absolute Gasteiger partial charge is 0.505 e. The minimum absolute atomic E-state index is 0. The summed E-state index contributed by atoms with van der Waals surface area (Å²) in [7, 11) is 0. The predicted molar refractivity (Wildman–Crippen MR) is 89.5 cm³/mol. The van der Waals surface area contributed by atoms with Gasteiger partial charge < -0.3 is 10.4 Å². The minimum atomic E-state index is -0.437. The van der Waals surface area contributed by atoms with Crippen LogP contribution < -0.4 is 5.32 Å². The fraction of sp³-hybridized carbons (Fsp3) is 0.0588. The minimum Gasteiger partial charge on any atom is -0.505 e. The molecule has 3 aromatic rings. The SMILES string of the molecule is C.O=C(Nc1ccccc1Cl)c1ccc2cccnc2c1O. The van der Waals surface area contributed by atoms with Crippen molar-refractivity contribution in [3.63, 3.8) is 0 Å². The Morgan fingerprint density at radius 1 is 1.09 bits per heavy atom. The molecule has 0 unspecified atom stereocenters. The zero-order chi connectivity index (χ0) is 14.8. The van der Waals surface area contributed by atoms with E-state index in [9.17, 15) is 9.90 Å². The number of phenols is 1. The maximum atomic E-state index is 12.3. The van der Waals surface area contributed by atoms with Crippen LogP contribution in [0.3, 0.4) is 0 Å². The maximum Gasteiger partial charge on any atom is 0.259 e. The van der Waals surface area contributed by atoms with Crippen LogP contribution in [0.5, 0.6) is 5.75 Å². The van der Waals surface area contributed by atoms with Crippen molar-refractivity contribution in [2.45, 2.75) is 7.43 Å². The van der Waals surface area contributed by atoms with E-state index in [0.29, 0.717) is 16.2 Å². The first-order valence-electron chi connectivity index (χ1n) is 6.29. The first-order valence-corrected chi connectivity index (χ1v) is 6.67. The average molecular weight is 315 g/mol. The van der Waals surface area contributed by atoms with Gasteiger partial charge in [-0.1, -0.05) is 43.3 Å². The van der Waals surface area contributed by atoms with E-state index in [1.54, 1.807) is 48.7 Å². The lowest BCUT2D eigenvalue weighted by molar-refractivity contribution is 0.102. The molecule has 22 heavy (non-hydrogen) atoms. The molecule has 1 aromatic heterocycles.